The van der Waals surface area contributed by atoms with Crippen LogP contribution in [0.15, 0.2) is 30.7 Å². The number of hydrogen-bond donors (Lipinski definition) is 3. The highest BCUT2D eigenvalue weighted by molar-refractivity contribution is 5.69. The number of ether oxygens (including phenoxy) is 1. The summed E-state index contributed by atoms with van der Waals surface area (Å²) in [5.41, 5.74) is 1.68. The van der Waals surface area contributed by atoms with E-state index in [0.717, 1.165) is 44.2 Å². The molecule has 33 heavy (non-hydrogen) atoms. The molecule has 1 atom stereocenters. The summed E-state index contributed by atoms with van der Waals surface area (Å²) in [5, 5.41) is 19.7. The second-order valence-corrected chi connectivity index (χ2v) is 9.47. The maximum atomic E-state index is 14.6. The molecule has 2 aromatic heterocycles. The standard InChI is InChI=1S/C25H33FN6O/c1-17(14-33-2)31-19-3-5-20(6-4-19)32-24-10-22(23(26)13-29-24)18-9-21(12-28-11-18)30-16-25(15-27)7-8-25/h9-13,17,19-20,30-31H,3-8,14,16H2,1-2H3,(H,29,32). The summed E-state index contributed by atoms with van der Waals surface area (Å²) in [6, 6.07) is 7.18. The Hall–Kier alpha value is -2.76. The van der Waals surface area contributed by atoms with Crippen molar-refractivity contribution in [3.63, 3.8) is 0 Å². The lowest BCUT2D eigenvalue weighted by Crippen LogP contribution is -2.42. The molecule has 0 radical (unpaired) electrons. The van der Waals surface area contributed by atoms with Crippen molar-refractivity contribution in [3.8, 4) is 17.2 Å². The molecule has 8 heteroatoms. The zero-order chi connectivity index (χ0) is 23.3. The molecule has 0 aromatic carbocycles. The van der Waals surface area contributed by atoms with Crippen LogP contribution in [0.2, 0.25) is 0 Å². The summed E-state index contributed by atoms with van der Waals surface area (Å²) in [6.45, 7) is 3.44. The van der Waals surface area contributed by atoms with Crippen LogP contribution in [0, 0.1) is 22.6 Å². The fourth-order valence-corrected chi connectivity index (χ4v) is 4.49. The van der Waals surface area contributed by atoms with Gasteiger partial charge in [0.15, 0.2) is 0 Å². The third-order valence-electron chi connectivity index (χ3n) is 6.64. The smallest absolute Gasteiger partial charge is 0.149 e. The largest absolute Gasteiger partial charge is 0.383 e. The predicted molar refractivity (Wildman–Crippen MR) is 127 cm³/mol. The molecular formula is C25H33FN6O. The normalized spacial score (nSPS) is 22.2. The van der Waals surface area contributed by atoms with Gasteiger partial charge in [-0.25, -0.2) is 9.37 Å². The van der Waals surface area contributed by atoms with Gasteiger partial charge in [-0.1, -0.05) is 0 Å². The van der Waals surface area contributed by atoms with Crippen molar-refractivity contribution in [2.75, 3.05) is 30.9 Å². The summed E-state index contributed by atoms with van der Waals surface area (Å²) in [6.07, 6.45) is 10.7. The van der Waals surface area contributed by atoms with Crippen LogP contribution in [0.4, 0.5) is 15.9 Å². The molecule has 0 saturated heterocycles. The maximum Gasteiger partial charge on any atom is 0.149 e. The number of aromatic nitrogens is 2. The van der Waals surface area contributed by atoms with Crippen molar-refractivity contribution in [3.05, 3.63) is 36.5 Å². The molecular weight excluding hydrogens is 419 g/mol. The lowest BCUT2D eigenvalue weighted by molar-refractivity contribution is 0.161. The van der Waals surface area contributed by atoms with Crippen molar-refractivity contribution in [2.24, 2.45) is 5.41 Å². The van der Waals surface area contributed by atoms with E-state index >= 15 is 0 Å². The van der Waals surface area contributed by atoms with Gasteiger partial charge in [0, 0.05) is 55.3 Å². The zero-order valence-corrected chi connectivity index (χ0v) is 19.4. The Kier molecular flexibility index (Phi) is 7.41. The molecule has 0 spiro atoms. The fourth-order valence-electron chi connectivity index (χ4n) is 4.49. The molecule has 0 amide bonds. The highest BCUT2D eigenvalue weighted by atomic mass is 19.1. The average Bonchev–Trinajstić information content (AvgIpc) is 3.61. The molecule has 2 aromatic rings. The van der Waals surface area contributed by atoms with Gasteiger partial charge in [0.25, 0.3) is 0 Å². The molecule has 0 bridgehead atoms. The van der Waals surface area contributed by atoms with Crippen LogP contribution in [0.1, 0.15) is 45.4 Å². The number of nitriles is 1. The molecule has 3 N–H and O–H groups in total. The lowest BCUT2D eigenvalue weighted by Gasteiger charge is -2.31. The number of halogens is 1. The van der Waals surface area contributed by atoms with E-state index in [9.17, 15) is 9.65 Å². The maximum absolute atomic E-state index is 14.6. The van der Waals surface area contributed by atoms with Crippen LogP contribution in [0.3, 0.4) is 0 Å². The molecule has 7 nitrogen and oxygen atoms in total. The van der Waals surface area contributed by atoms with Gasteiger partial charge in [0.2, 0.25) is 0 Å². The second-order valence-electron chi connectivity index (χ2n) is 9.47. The Morgan fingerprint density at radius 3 is 2.64 bits per heavy atom. The topological polar surface area (TPSA) is 94.9 Å². The molecule has 0 aliphatic heterocycles. The van der Waals surface area contributed by atoms with E-state index in [1.165, 1.54) is 6.20 Å². The first-order valence-corrected chi connectivity index (χ1v) is 11.8. The highest BCUT2D eigenvalue weighted by Crippen LogP contribution is 2.44. The molecule has 2 fully saturated rings. The first kappa shape index (κ1) is 23.4. The molecule has 2 aliphatic carbocycles. The lowest BCUT2D eigenvalue weighted by atomic mass is 9.90. The molecule has 176 valence electrons. The quantitative estimate of drug-likeness (QED) is 0.493. The average molecular weight is 453 g/mol. The van der Waals surface area contributed by atoms with Gasteiger partial charge in [0.1, 0.15) is 11.6 Å². The molecule has 4 rings (SSSR count). The van der Waals surface area contributed by atoms with Crippen LogP contribution in [-0.2, 0) is 4.74 Å². The van der Waals surface area contributed by atoms with Gasteiger partial charge in [-0.15, -0.1) is 0 Å². The van der Waals surface area contributed by atoms with Crippen LogP contribution in [-0.4, -0.2) is 48.4 Å². The highest BCUT2D eigenvalue weighted by Gasteiger charge is 2.42. The summed E-state index contributed by atoms with van der Waals surface area (Å²) in [7, 11) is 1.73. The molecule has 2 heterocycles. The third-order valence-corrected chi connectivity index (χ3v) is 6.64. The summed E-state index contributed by atoms with van der Waals surface area (Å²) in [5.74, 6) is 0.297. The number of nitrogens with zero attached hydrogens (tertiary/aromatic N) is 3. The van der Waals surface area contributed by atoms with Gasteiger partial charge in [-0.2, -0.15) is 5.26 Å². The Balaban J connectivity index is 1.37. The number of rotatable bonds is 10. The van der Waals surface area contributed by atoms with Crippen molar-refractivity contribution in [1.29, 1.82) is 5.26 Å². The minimum absolute atomic E-state index is 0.259. The van der Waals surface area contributed by atoms with Gasteiger partial charge in [0.05, 0.1) is 30.0 Å². The van der Waals surface area contributed by atoms with E-state index in [2.05, 4.69) is 38.9 Å². The first-order valence-electron chi connectivity index (χ1n) is 11.8. The Bertz CT molecular complexity index is 981. The Morgan fingerprint density at radius 2 is 1.94 bits per heavy atom. The van der Waals surface area contributed by atoms with Gasteiger partial charge in [-0.3, -0.25) is 4.98 Å². The van der Waals surface area contributed by atoms with Crippen LogP contribution >= 0.6 is 0 Å². The Labute approximate surface area is 195 Å². The van der Waals surface area contributed by atoms with E-state index in [0.29, 0.717) is 48.2 Å². The van der Waals surface area contributed by atoms with Crippen LogP contribution in [0.25, 0.3) is 11.1 Å². The summed E-state index contributed by atoms with van der Waals surface area (Å²) >= 11 is 0. The first-order chi connectivity index (χ1) is 16.0. The van der Waals surface area contributed by atoms with Gasteiger partial charge >= 0.3 is 0 Å². The van der Waals surface area contributed by atoms with Crippen molar-refractivity contribution in [1.82, 2.24) is 15.3 Å². The number of anilines is 2. The monoisotopic (exact) mass is 452 g/mol. The van der Waals surface area contributed by atoms with E-state index in [-0.39, 0.29) is 11.2 Å². The second kappa shape index (κ2) is 10.4. The van der Waals surface area contributed by atoms with E-state index < -0.39 is 0 Å². The summed E-state index contributed by atoms with van der Waals surface area (Å²) < 4.78 is 19.9. The molecule has 2 aliphatic rings. The fraction of sp³-hybridized carbons (Fsp3) is 0.560. The zero-order valence-electron chi connectivity index (χ0n) is 19.4. The molecule has 2 saturated carbocycles. The third kappa shape index (κ3) is 6.18. The van der Waals surface area contributed by atoms with Crippen molar-refractivity contribution in [2.45, 2.75) is 63.6 Å². The minimum atomic E-state index is -0.379. The van der Waals surface area contributed by atoms with Gasteiger partial charge < -0.3 is 20.7 Å². The van der Waals surface area contributed by atoms with Crippen molar-refractivity contribution >= 4 is 11.5 Å². The van der Waals surface area contributed by atoms with Crippen molar-refractivity contribution < 1.29 is 9.13 Å². The van der Waals surface area contributed by atoms with E-state index in [1.807, 2.05) is 6.07 Å². The number of hydrogen-bond acceptors (Lipinski definition) is 7. The van der Waals surface area contributed by atoms with E-state index in [1.54, 1.807) is 25.6 Å². The van der Waals surface area contributed by atoms with Crippen LogP contribution in [0.5, 0.6) is 0 Å². The Morgan fingerprint density at radius 1 is 1.18 bits per heavy atom. The number of pyridine rings is 2. The van der Waals surface area contributed by atoms with Crippen LogP contribution < -0.4 is 16.0 Å². The summed E-state index contributed by atoms with van der Waals surface area (Å²) in [4.78, 5) is 8.54. The van der Waals surface area contributed by atoms with E-state index in [4.69, 9.17) is 4.74 Å². The SMILES string of the molecule is COCC(C)NC1CCC(Nc2cc(-c3cncc(NCC4(C#N)CC4)c3)c(F)cn2)CC1. The number of methoxy groups -OCH3 is 1. The molecule has 1 unspecified atom stereocenters. The minimum Gasteiger partial charge on any atom is -0.383 e. The number of nitrogens with one attached hydrogen (secondary N) is 3. The van der Waals surface area contributed by atoms with Gasteiger partial charge in [-0.05, 0) is 57.6 Å². The predicted octanol–water partition coefficient (Wildman–Crippen LogP) is 4.35.